The highest BCUT2D eigenvalue weighted by atomic mass is 16.5. The molecule has 1 aliphatic rings. The van der Waals surface area contributed by atoms with Gasteiger partial charge in [0.1, 0.15) is 6.54 Å². The fraction of sp³-hybridized carbons (Fsp3) is 0.429. The van der Waals surface area contributed by atoms with E-state index in [0.717, 1.165) is 30.6 Å². The van der Waals surface area contributed by atoms with E-state index in [4.69, 9.17) is 4.74 Å². The number of aromatic nitrogens is 2. The third-order valence-corrected chi connectivity index (χ3v) is 4.91. The first kappa shape index (κ1) is 20.6. The van der Waals surface area contributed by atoms with Crippen LogP contribution in [0.15, 0.2) is 30.3 Å². The first-order valence-corrected chi connectivity index (χ1v) is 9.80. The molecule has 154 valence electrons. The number of carbonyl (C=O) groups excluding carboxylic acids is 3. The largest absolute Gasteiger partial charge is 0.454 e. The van der Waals surface area contributed by atoms with Crippen LogP contribution >= 0.6 is 0 Å². The highest BCUT2D eigenvalue weighted by Crippen LogP contribution is 2.22. The summed E-state index contributed by atoms with van der Waals surface area (Å²) < 4.78 is 6.82. The molecule has 0 bridgehead atoms. The van der Waals surface area contributed by atoms with Crippen molar-refractivity contribution in [1.29, 1.82) is 0 Å². The molecule has 1 saturated heterocycles. The Balaban J connectivity index is 1.55. The normalized spacial score (nSPS) is 14.4. The van der Waals surface area contributed by atoms with E-state index in [1.807, 2.05) is 37.3 Å². The highest BCUT2D eigenvalue weighted by molar-refractivity contribution is 5.94. The van der Waals surface area contributed by atoms with Crippen LogP contribution in [0.5, 0.6) is 0 Å². The van der Waals surface area contributed by atoms with Crippen LogP contribution in [0.1, 0.15) is 37.1 Å². The third-order valence-electron chi connectivity index (χ3n) is 4.91. The minimum absolute atomic E-state index is 0.0384. The molecule has 1 aromatic carbocycles. The zero-order valence-corrected chi connectivity index (χ0v) is 16.8. The molecule has 0 unspecified atom stereocenters. The molecule has 29 heavy (non-hydrogen) atoms. The zero-order chi connectivity index (χ0) is 20.8. The maximum absolute atomic E-state index is 12.3. The number of esters is 1. The van der Waals surface area contributed by atoms with Gasteiger partial charge in [0.25, 0.3) is 5.91 Å². The number of para-hydroxylation sites is 1. The second-order valence-electron chi connectivity index (χ2n) is 7.13. The molecule has 0 aliphatic carbocycles. The average Bonchev–Trinajstić information content (AvgIpc) is 2.86. The molecule has 3 rings (SSSR count). The predicted octanol–water partition coefficient (Wildman–Crippen LogP) is 2.37. The minimum atomic E-state index is -0.580. The number of ether oxygens (including phenoxy) is 1. The molecule has 2 amide bonds. The van der Waals surface area contributed by atoms with Crippen molar-refractivity contribution in [2.45, 2.75) is 39.5 Å². The Bertz CT molecular complexity index is 892. The van der Waals surface area contributed by atoms with Crippen molar-refractivity contribution in [1.82, 2.24) is 14.7 Å². The number of benzene rings is 1. The number of hydrogen-bond donors (Lipinski definition) is 1. The Hall–Kier alpha value is -3.16. The van der Waals surface area contributed by atoms with Gasteiger partial charge in [-0.1, -0.05) is 24.6 Å². The Morgan fingerprint density at radius 3 is 2.66 bits per heavy atom. The van der Waals surface area contributed by atoms with Crippen molar-refractivity contribution in [2.24, 2.45) is 0 Å². The summed E-state index contributed by atoms with van der Waals surface area (Å²) in [5, 5.41) is 7.24. The third kappa shape index (κ3) is 5.22. The number of rotatable bonds is 6. The molecule has 0 spiro atoms. The molecule has 1 aromatic heterocycles. The Morgan fingerprint density at radius 1 is 1.14 bits per heavy atom. The van der Waals surface area contributed by atoms with Gasteiger partial charge in [-0.15, -0.1) is 0 Å². The van der Waals surface area contributed by atoms with E-state index in [0.29, 0.717) is 24.3 Å². The van der Waals surface area contributed by atoms with Gasteiger partial charge in [-0.3, -0.25) is 14.4 Å². The van der Waals surface area contributed by atoms with Gasteiger partial charge in [0.2, 0.25) is 5.91 Å². The molecule has 1 N–H and O–H groups in total. The lowest BCUT2D eigenvalue weighted by molar-refractivity contribution is -0.151. The molecule has 2 aromatic rings. The molecule has 1 fully saturated rings. The van der Waals surface area contributed by atoms with E-state index in [9.17, 15) is 14.4 Å². The quantitative estimate of drug-likeness (QED) is 0.754. The molecule has 2 heterocycles. The van der Waals surface area contributed by atoms with Gasteiger partial charge >= 0.3 is 5.97 Å². The van der Waals surface area contributed by atoms with Gasteiger partial charge in [-0.05, 0) is 38.8 Å². The number of aryl methyl sites for hydroxylation is 1. The molecule has 1 aliphatic heterocycles. The molecule has 0 saturated carbocycles. The van der Waals surface area contributed by atoms with Crippen LogP contribution in [0, 0.1) is 13.8 Å². The summed E-state index contributed by atoms with van der Waals surface area (Å²) in [6.45, 7) is 3.70. The fourth-order valence-electron chi connectivity index (χ4n) is 3.37. The van der Waals surface area contributed by atoms with Crippen molar-refractivity contribution in [3.05, 3.63) is 41.7 Å². The lowest BCUT2D eigenvalue weighted by Crippen LogP contribution is -2.36. The molecule has 0 atom stereocenters. The maximum atomic E-state index is 12.3. The van der Waals surface area contributed by atoms with Gasteiger partial charge in [-0.2, -0.15) is 5.10 Å². The number of likely N-dealkylation sites (tertiary alicyclic amines) is 1. The van der Waals surface area contributed by atoms with Crippen LogP contribution in [-0.2, 0) is 19.1 Å². The second-order valence-corrected chi connectivity index (χ2v) is 7.13. The van der Waals surface area contributed by atoms with E-state index in [1.165, 1.54) is 4.90 Å². The van der Waals surface area contributed by atoms with Crippen molar-refractivity contribution in [3.8, 4) is 5.69 Å². The lowest BCUT2D eigenvalue weighted by atomic mass is 10.2. The van der Waals surface area contributed by atoms with Crippen molar-refractivity contribution in [3.63, 3.8) is 0 Å². The summed E-state index contributed by atoms with van der Waals surface area (Å²) in [6.07, 6.45) is 3.17. The van der Waals surface area contributed by atoms with Crippen LogP contribution in [0.3, 0.4) is 0 Å². The first-order valence-electron chi connectivity index (χ1n) is 9.80. The predicted molar refractivity (Wildman–Crippen MR) is 108 cm³/mol. The van der Waals surface area contributed by atoms with E-state index in [-0.39, 0.29) is 12.5 Å². The summed E-state index contributed by atoms with van der Waals surface area (Å²) in [7, 11) is 0. The van der Waals surface area contributed by atoms with Crippen LogP contribution in [-0.4, -0.2) is 52.2 Å². The van der Waals surface area contributed by atoms with Crippen LogP contribution in [0.2, 0.25) is 0 Å². The highest BCUT2D eigenvalue weighted by Gasteiger charge is 2.21. The lowest BCUT2D eigenvalue weighted by Gasteiger charge is -2.19. The SMILES string of the molecule is Cc1nn(-c2ccccc2)c(C)c1NC(=O)COC(=O)CN1CCCCCC1=O. The number of nitrogens with zero attached hydrogens (tertiary/aromatic N) is 3. The van der Waals surface area contributed by atoms with Crippen LogP contribution in [0.4, 0.5) is 5.69 Å². The van der Waals surface area contributed by atoms with Gasteiger partial charge in [-0.25, -0.2) is 4.68 Å². The zero-order valence-electron chi connectivity index (χ0n) is 16.8. The Morgan fingerprint density at radius 2 is 1.90 bits per heavy atom. The smallest absolute Gasteiger partial charge is 0.326 e. The summed E-state index contributed by atoms with van der Waals surface area (Å²) >= 11 is 0. The second kappa shape index (κ2) is 9.36. The molecule has 8 nitrogen and oxygen atoms in total. The topological polar surface area (TPSA) is 93.5 Å². The first-order chi connectivity index (χ1) is 14.0. The number of amides is 2. The van der Waals surface area contributed by atoms with Crippen molar-refractivity contribution >= 4 is 23.5 Å². The number of hydrogen-bond acceptors (Lipinski definition) is 5. The Labute approximate surface area is 169 Å². The van der Waals surface area contributed by atoms with E-state index in [1.54, 1.807) is 11.6 Å². The minimum Gasteiger partial charge on any atom is -0.454 e. The van der Waals surface area contributed by atoms with Crippen LogP contribution < -0.4 is 5.32 Å². The summed E-state index contributed by atoms with van der Waals surface area (Å²) in [4.78, 5) is 37.8. The molecule has 8 heteroatoms. The maximum Gasteiger partial charge on any atom is 0.326 e. The van der Waals surface area contributed by atoms with Crippen LogP contribution in [0.25, 0.3) is 5.69 Å². The fourth-order valence-corrected chi connectivity index (χ4v) is 3.37. The van der Waals surface area contributed by atoms with E-state index < -0.39 is 18.5 Å². The monoisotopic (exact) mass is 398 g/mol. The standard InChI is InChI=1S/C21H26N4O4/c1-15-21(16(2)25(23-15)17-9-5-3-6-10-17)22-18(26)14-29-20(28)13-24-12-8-4-7-11-19(24)27/h3,5-6,9-10H,4,7-8,11-14H2,1-2H3,(H,22,26). The summed E-state index contributed by atoms with van der Waals surface area (Å²) in [5.74, 6) is -1.06. The van der Waals surface area contributed by atoms with Gasteiger partial charge in [0, 0.05) is 13.0 Å². The number of nitrogens with one attached hydrogen (secondary N) is 1. The Kier molecular flexibility index (Phi) is 6.64. The van der Waals surface area contributed by atoms with Crippen molar-refractivity contribution < 1.29 is 19.1 Å². The number of carbonyl (C=O) groups is 3. The van der Waals surface area contributed by atoms with Gasteiger partial charge < -0.3 is 15.0 Å². The number of anilines is 1. The summed E-state index contributed by atoms with van der Waals surface area (Å²) in [6, 6.07) is 9.61. The average molecular weight is 398 g/mol. The van der Waals surface area contributed by atoms with E-state index in [2.05, 4.69) is 10.4 Å². The molecular weight excluding hydrogens is 372 g/mol. The van der Waals surface area contributed by atoms with Crippen molar-refractivity contribution in [2.75, 3.05) is 25.0 Å². The van der Waals surface area contributed by atoms with Gasteiger partial charge in [0.05, 0.1) is 22.8 Å². The summed E-state index contributed by atoms with van der Waals surface area (Å²) in [5.41, 5.74) is 2.93. The molecular formula is C21H26N4O4. The van der Waals surface area contributed by atoms with E-state index >= 15 is 0 Å². The molecule has 0 radical (unpaired) electrons. The van der Waals surface area contributed by atoms with Gasteiger partial charge in [0.15, 0.2) is 6.61 Å².